The van der Waals surface area contributed by atoms with Crippen molar-refractivity contribution in [2.24, 2.45) is 0 Å². The molecule has 0 spiro atoms. The molecule has 0 saturated carbocycles. The highest BCUT2D eigenvalue weighted by Crippen LogP contribution is 2.16. The summed E-state index contributed by atoms with van der Waals surface area (Å²) in [4.78, 5) is 37.8. The molecule has 1 rings (SSSR count). The Balaban J connectivity index is 2.52. The second kappa shape index (κ2) is 7.43. The van der Waals surface area contributed by atoms with Crippen LogP contribution in [0.1, 0.15) is 17.8 Å². The minimum atomic E-state index is -1.27. The second-order valence-electron chi connectivity index (χ2n) is 4.10. The first-order valence-electron chi connectivity index (χ1n) is 5.76. The van der Waals surface area contributed by atoms with Crippen LogP contribution in [0.5, 0.6) is 0 Å². The van der Waals surface area contributed by atoms with Gasteiger partial charge in [0.25, 0.3) is 0 Å². The third-order valence-corrected chi connectivity index (χ3v) is 3.38. The fraction of sp³-hybridized carbons (Fsp3) is 0.455. The first kappa shape index (κ1) is 15.9. The van der Waals surface area contributed by atoms with Crippen molar-refractivity contribution >= 4 is 29.3 Å². The van der Waals surface area contributed by atoms with Crippen molar-refractivity contribution in [2.45, 2.75) is 12.8 Å². The molecular formula is C11H15N3O5S. The molecule has 0 aliphatic rings. The summed E-state index contributed by atoms with van der Waals surface area (Å²) >= 11 is 1.45. The first-order valence-corrected chi connectivity index (χ1v) is 6.64. The summed E-state index contributed by atoms with van der Waals surface area (Å²) in [6, 6.07) is -0.724. The molecule has 2 amide bonds. The number of aliphatic carboxylic acids is 2. The molecule has 8 nitrogen and oxygen atoms in total. The average Bonchev–Trinajstić information content (AvgIpc) is 2.87. The summed E-state index contributed by atoms with van der Waals surface area (Å²) in [5.41, 5.74) is 0. The zero-order valence-electron chi connectivity index (χ0n) is 10.8. The maximum atomic E-state index is 11.8. The Labute approximate surface area is 119 Å². The lowest BCUT2D eigenvalue weighted by molar-refractivity contribution is -0.140. The number of aromatic nitrogens is 1. The summed E-state index contributed by atoms with van der Waals surface area (Å²) in [6.07, 6.45) is 1.65. The average molecular weight is 301 g/mol. The van der Waals surface area contributed by atoms with Gasteiger partial charge in [0.1, 0.15) is 13.1 Å². The third kappa shape index (κ3) is 5.22. The molecule has 3 N–H and O–H groups in total. The van der Waals surface area contributed by atoms with Gasteiger partial charge in [0.2, 0.25) is 0 Å². The summed E-state index contributed by atoms with van der Waals surface area (Å²) < 4.78 is 0. The lowest BCUT2D eigenvalue weighted by Crippen LogP contribution is -2.46. The molecule has 0 aliphatic carbocycles. The summed E-state index contributed by atoms with van der Waals surface area (Å²) in [5.74, 6) is -2.57. The number of urea groups is 1. The number of carbonyl (C=O) groups excluding carboxylic acids is 1. The monoisotopic (exact) mass is 301 g/mol. The topological polar surface area (TPSA) is 120 Å². The Morgan fingerprint density at radius 3 is 2.40 bits per heavy atom. The van der Waals surface area contributed by atoms with Crippen LogP contribution in [0.25, 0.3) is 0 Å². The van der Waals surface area contributed by atoms with Gasteiger partial charge in [-0.3, -0.25) is 9.59 Å². The zero-order valence-corrected chi connectivity index (χ0v) is 11.6. The number of hydrogen-bond acceptors (Lipinski definition) is 5. The van der Waals surface area contributed by atoms with E-state index in [1.165, 1.54) is 11.3 Å². The molecule has 1 heterocycles. The van der Waals surface area contributed by atoms with Crippen LogP contribution in [0.2, 0.25) is 0 Å². The number of nitrogens with zero attached hydrogens (tertiary/aromatic N) is 2. The molecule has 0 radical (unpaired) electrons. The van der Waals surface area contributed by atoms with Gasteiger partial charge < -0.3 is 20.4 Å². The van der Waals surface area contributed by atoms with Gasteiger partial charge in [-0.05, 0) is 0 Å². The van der Waals surface area contributed by atoms with E-state index in [9.17, 15) is 14.4 Å². The van der Waals surface area contributed by atoms with E-state index in [0.29, 0.717) is 0 Å². The molecule has 0 saturated heterocycles. The van der Waals surface area contributed by atoms with Crippen LogP contribution in [0.3, 0.4) is 0 Å². The molecule has 1 unspecified atom stereocenters. The van der Waals surface area contributed by atoms with Crippen LogP contribution in [0, 0.1) is 0 Å². The van der Waals surface area contributed by atoms with Gasteiger partial charge in [0.05, 0.1) is 5.01 Å². The van der Waals surface area contributed by atoms with E-state index in [1.54, 1.807) is 6.20 Å². The van der Waals surface area contributed by atoms with Gasteiger partial charge in [0.15, 0.2) is 0 Å². The lowest BCUT2D eigenvalue weighted by atomic mass is 10.2. The third-order valence-electron chi connectivity index (χ3n) is 2.37. The summed E-state index contributed by atoms with van der Waals surface area (Å²) in [6.45, 7) is 0.785. The minimum absolute atomic E-state index is 0.0320. The SMILES string of the molecule is CC(CNC(=O)N(CC(=O)O)CC(=O)O)c1nccs1. The van der Waals surface area contributed by atoms with Gasteiger partial charge in [-0.1, -0.05) is 6.92 Å². The van der Waals surface area contributed by atoms with Gasteiger partial charge >= 0.3 is 18.0 Å². The number of rotatable bonds is 7. The fourth-order valence-electron chi connectivity index (χ4n) is 1.44. The molecule has 0 aromatic carbocycles. The van der Waals surface area contributed by atoms with Crippen molar-refractivity contribution < 1.29 is 24.6 Å². The smallest absolute Gasteiger partial charge is 0.323 e. The van der Waals surface area contributed by atoms with E-state index < -0.39 is 31.1 Å². The highest BCUT2D eigenvalue weighted by Gasteiger charge is 2.20. The van der Waals surface area contributed by atoms with E-state index in [0.717, 1.165) is 9.91 Å². The number of carboxylic acid groups (broad SMARTS) is 2. The molecule has 0 bridgehead atoms. The predicted octanol–water partition coefficient (Wildman–Crippen LogP) is 0.427. The number of thiazole rings is 1. The largest absolute Gasteiger partial charge is 0.480 e. The van der Waals surface area contributed by atoms with Crippen molar-refractivity contribution in [3.8, 4) is 0 Å². The van der Waals surface area contributed by atoms with E-state index in [4.69, 9.17) is 10.2 Å². The molecule has 1 aromatic rings. The number of carboxylic acids is 2. The Kier molecular flexibility index (Phi) is 5.91. The van der Waals surface area contributed by atoms with E-state index in [1.807, 2.05) is 12.3 Å². The molecule has 20 heavy (non-hydrogen) atoms. The molecule has 9 heteroatoms. The Morgan fingerprint density at radius 2 is 1.95 bits per heavy atom. The number of carbonyl (C=O) groups is 3. The summed E-state index contributed by atoms with van der Waals surface area (Å²) in [5, 5.41) is 22.5. The van der Waals surface area contributed by atoms with Crippen molar-refractivity contribution in [1.29, 1.82) is 0 Å². The van der Waals surface area contributed by atoms with Gasteiger partial charge in [-0.15, -0.1) is 11.3 Å². The van der Waals surface area contributed by atoms with Crippen molar-refractivity contribution in [3.05, 3.63) is 16.6 Å². The van der Waals surface area contributed by atoms with Crippen LogP contribution in [-0.2, 0) is 9.59 Å². The normalized spacial score (nSPS) is 11.7. The Bertz CT molecular complexity index is 460. The number of nitrogens with one attached hydrogen (secondary N) is 1. The standard InChI is InChI=1S/C11H15N3O5S/c1-7(10-12-2-3-20-10)4-13-11(19)14(5-8(15)16)6-9(17)18/h2-3,7H,4-6H2,1H3,(H,13,19)(H,15,16)(H,17,18). The Hall–Kier alpha value is -2.16. The van der Waals surface area contributed by atoms with Crippen LogP contribution >= 0.6 is 11.3 Å². The Morgan fingerprint density at radius 1 is 1.35 bits per heavy atom. The molecule has 110 valence electrons. The quantitative estimate of drug-likeness (QED) is 0.671. The molecular weight excluding hydrogens is 286 g/mol. The molecule has 0 fully saturated rings. The van der Waals surface area contributed by atoms with Gasteiger partial charge in [-0.25, -0.2) is 9.78 Å². The van der Waals surface area contributed by atoms with Crippen LogP contribution in [0.4, 0.5) is 4.79 Å². The number of hydrogen-bond donors (Lipinski definition) is 3. The zero-order chi connectivity index (χ0) is 15.1. The van der Waals surface area contributed by atoms with Crippen LogP contribution in [-0.4, -0.2) is 57.7 Å². The minimum Gasteiger partial charge on any atom is -0.480 e. The van der Waals surface area contributed by atoms with Crippen molar-refractivity contribution in [2.75, 3.05) is 19.6 Å². The highest BCUT2D eigenvalue weighted by molar-refractivity contribution is 7.09. The van der Waals surface area contributed by atoms with Crippen LogP contribution < -0.4 is 5.32 Å². The van der Waals surface area contributed by atoms with Gasteiger partial charge in [-0.2, -0.15) is 0 Å². The van der Waals surface area contributed by atoms with E-state index in [2.05, 4.69) is 10.3 Å². The van der Waals surface area contributed by atoms with E-state index >= 15 is 0 Å². The molecule has 0 aliphatic heterocycles. The highest BCUT2D eigenvalue weighted by atomic mass is 32.1. The summed E-state index contributed by atoms with van der Waals surface area (Å²) in [7, 11) is 0. The maximum Gasteiger partial charge on any atom is 0.323 e. The van der Waals surface area contributed by atoms with Crippen molar-refractivity contribution in [1.82, 2.24) is 15.2 Å². The lowest BCUT2D eigenvalue weighted by Gasteiger charge is -2.20. The van der Waals surface area contributed by atoms with Crippen molar-refractivity contribution in [3.63, 3.8) is 0 Å². The molecule has 1 aromatic heterocycles. The van der Waals surface area contributed by atoms with Crippen LogP contribution in [0.15, 0.2) is 11.6 Å². The number of amides is 2. The second-order valence-corrected chi connectivity index (χ2v) is 5.03. The molecule has 1 atom stereocenters. The van der Waals surface area contributed by atoms with E-state index in [-0.39, 0.29) is 12.5 Å². The fourth-order valence-corrected chi connectivity index (χ4v) is 2.14. The van der Waals surface area contributed by atoms with Gasteiger partial charge in [0, 0.05) is 24.0 Å². The predicted molar refractivity (Wildman–Crippen MR) is 70.8 cm³/mol. The maximum absolute atomic E-state index is 11.8. The first-order chi connectivity index (χ1) is 9.40.